The fraction of sp³-hybridized carbons (Fsp3) is 0.591. The van der Waals surface area contributed by atoms with Crippen LogP contribution in [0.15, 0.2) is 36.7 Å². The number of hydrogen-bond acceptors (Lipinski definition) is 4. The summed E-state index contributed by atoms with van der Waals surface area (Å²) in [6.07, 6.45) is 7.75. The van der Waals surface area contributed by atoms with Crippen molar-refractivity contribution in [3.05, 3.63) is 53.6 Å². The number of ether oxygens (including phenoxy) is 1. The van der Waals surface area contributed by atoms with Crippen LogP contribution in [0.4, 0.5) is 0 Å². The molecule has 0 bridgehead atoms. The van der Waals surface area contributed by atoms with E-state index in [4.69, 9.17) is 4.74 Å². The molecule has 1 unspecified atom stereocenters. The molecule has 1 atom stereocenters. The van der Waals surface area contributed by atoms with Crippen LogP contribution < -0.4 is 0 Å². The van der Waals surface area contributed by atoms with Gasteiger partial charge in [0.05, 0.1) is 19.8 Å². The number of fused-ring (bicyclic) bond motifs is 2. The number of piperidine rings is 1. The van der Waals surface area contributed by atoms with Gasteiger partial charge in [-0.3, -0.25) is 9.80 Å². The van der Waals surface area contributed by atoms with Gasteiger partial charge in [-0.1, -0.05) is 24.3 Å². The topological polar surface area (TPSA) is 33.5 Å². The monoisotopic (exact) mass is 366 g/mol. The molecule has 0 radical (unpaired) electrons. The molecule has 27 heavy (non-hydrogen) atoms. The summed E-state index contributed by atoms with van der Waals surface area (Å²) in [7, 11) is 2.09. The normalized spacial score (nSPS) is 25.7. The highest BCUT2D eigenvalue weighted by Gasteiger charge is 2.46. The van der Waals surface area contributed by atoms with Gasteiger partial charge in [0, 0.05) is 38.6 Å². The van der Waals surface area contributed by atoms with E-state index in [1.807, 2.05) is 12.4 Å². The van der Waals surface area contributed by atoms with Crippen molar-refractivity contribution in [2.45, 2.75) is 37.3 Å². The zero-order valence-electron chi connectivity index (χ0n) is 16.3. The van der Waals surface area contributed by atoms with Crippen molar-refractivity contribution in [1.29, 1.82) is 0 Å². The summed E-state index contributed by atoms with van der Waals surface area (Å²) in [4.78, 5) is 9.76. The molecule has 5 heteroatoms. The lowest BCUT2D eigenvalue weighted by molar-refractivity contribution is 0.0102. The molecule has 0 saturated carbocycles. The quantitative estimate of drug-likeness (QED) is 0.836. The minimum absolute atomic E-state index is 0.359. The van der Waals surface area contributed by atoms with Crippen LogP contribution >= 0.6 is 0 Å². The molecule has 3 heterocycles. The molecule has 2 saturated heterocycles. The second-order valence-corrected chi connectivity index (χ2v) is 8.47. The Bertz CT molecular complexity index is 787. The summed E-state index contributed by atoms with van der Waals surface area (Å²) in [6.45, 7) is 7.19. The molecule has 1 aromatic carbocycles. The van der Waals surface area contributed by atoms with Crippen molar-refractivity contribution < 1.29 is 4.74 Å². The summed E-state index contributed by atoms with van der Waals surface area (Å²) < 4.78 is 7.74. The van der Waals surface area contributed by atoms with E-state index in [1.54, 1.807) is 11.1 Å². The number of aromatic nitrogens is 2. The van der Waals surface area contributed by atoms with E-state index in [0.29, 0.717) is 11.5 Å². The smallest absolute Gasteiger partial charge is 0.122 e. The van der Waals surface area contributed by atoms with Crippen molar-refractivity contribution in [2.24, 2.45) is 7.05 Å². The third-order valence-electron chi connectivity index (χ3n) is 7.06. The van der Waals surface area contributed by atoms with Gasteiger partial charge in [0.15, 0.2) is 0 Å². The molecule has 0 amide bonds. The average molecular weight is 367 g/mol. The highest BCUT2D eigenvalue weighted by molar-refractivity contribution is 5.43. The number of morpholine rings is 1. The molecule has 144 valence electrons. The van der Waals surface area contributed by atoms with E-state index in [1.165, 1.54) is 25.1 Å². The highest BCUT2D eigenvalue weighted by atomic mass is 16.5. The first-order valence-corrected chi connectivity index (χ1v) is 10.3. The van der Waals surface area contributed by atoms with Crippen LogP contribution in [-0.4, -0.2) is 58.7 Å². The van der Waals surface area contributed by atoms with Gasteiger partial charge in [0.25, 0.3) is 0 Å². The van der Waals surface area contributed by atoms with Gasteiger partial charge in [-0.2, -0.15) is 0 Å². The fourth-order valence-corrected chi connectivity index (χ4v) is 5.44. The van der Waals surface area contributed by atoms with Crippen molar-refractivity contribution in [1.82, 2.24) is 19.4 Å². The zero-order valence-corrected chi connectivity index (χ0v) is 16.3. The zero-order chi connectivity index (χ0) is 18.3. The standard InChI is InChI=1S/C22H30N4O/c1-24-11-8-23-21(24)17-25-9-6-22(7-10-25)16-20(26-12-14-27-15-13-26)18-4-2-3-5-19(18)22/h2-5,8,11,20H,6-7,9-10,12-17H2,1H3. The van der Waals surface area contributed by atoms with Gasteiger partial charge in [-0.25, -0.2) is 4.98 Å². The Morgan fingerprint density at radius 1 is 1.11 bits per heavy atom. The van der Waals surface area contributed by atoms with Crippen LogP contribution in [0, 0.1) is 0 Å². The largest absolute Gasteiger partial charge is 0.379 e. The maximum atomic E-state index is 5.60. The van der Waals surface area contributed by atoms with Crippen LogP contribution in [-0.2, 0) is 23.7 Å². The molecule has 2 fully saturated rings. The summed E-state index contributed by atoms with van der Waals surface area (Å²) in [5.41, 5.74) is 3.56. The van der Waals surface area contributed by atoms with Crippen LogP contribution in [0.5, 0.6) is 0 Å². The van der Waals surface area contributed by atoms with E-state index in [2.05, 4.69) is 50.7 Å². The second kappa shape index (κ2) is 7.04. The SMILES string of the molecule is Cn1ccnc1CN1CCC2(CC1)CC(N1CCOCC1)c1ccccc12. The molecule has 1 spiro atoms. The number of likely N-dealkylation sites (tertiary alicyclic amines) is 1. The van der Waals surface area contributed by atoms with Gasteiger partial charge in [-0.15, -0.1) is 0 Å². The van der Waals surface area contributed by atoms with Gasteiger partial charge >= 0.3 is 0 Å². The van der Waals surface area contributed by atoms with Crippen LogP contribution in [0.1, 0.15) is 42.3 Å². The summed E-state index contributed by atoms with van der Waals surface area (Å²) in [5.74, 6) is 1.17. The maximum absolute atomic E-state index is 5.60. The Morgan fingerprint density at radius 3 is 2.63 bits per heavy atom. The van der Waals surface area contributed by atoms with Crippen LogP contribution in [0.3, 0.4) is 0 Å². The Kier molecular flexibility index (Phi) is 4.54. The second-order valence-electron chi connectivity index (χ2n) is 8.47. The van der Waals surface area contributed by atoms with Crippen molar-refractivity contribution >= 4 is 0 Å². The lowest BCUT2D eigenvalue weighted by Gasteiger charge is -2.41. The number of imidazole rings is 1. The molecule has 0 N–H and O–H groups in total. The van der Waals surface area contributed by atoms with Gasteiger partial charge in [0.2, 0.25) is 0 Å². The predicted molar refractivity (Wildman–Crippen MR) is 106 cm³/mol. The van der Waals surface area contributed by atoms with E-state index in [0.717, 1.165) is 45.9 Å². The third-order valence-corrected chi connectivity index (χ3v) is 7.06. The van der Waals surface area contributed by atoms with E-state index < -0.39 is 0 Å². The van der Waals surface area contributed by atoms with Crippen molar-refractivity contribution in [3.8, 4) is 0 Å². The Balaban J connectivity index is 1.34. The van der Waals surface area contributed by atoms with E-state index in [9.17, 15) is 0 Å². The van der Waals surface area contributed by atoms with Crippen LogP contribution in [0.2, 0.25) is 0 Å². The van der Waals surface area contributed by atoms with Gasteiger partial charge < -0.3 is 9.30 Å². The molecule has 3 aliphatic rings. The predicted octanol–water partition coefficient (Wildman–Crippen LogP) is 2.73. The molecule has 5 nitrogen and oxygen atoms in total. The first kappa shape index (κ1) is 17.4. The third kappa shape index (κ3) is 3.12. The maximum Gasteiger partial charge on any atom is 0.122 e. The Hall–Kier alpha value is -1.69. The number of rotatable bonds is 3. The molecular weight excluding hydrogens is 336 g/mol. The lowest BCUT2D eigenvalue weighted by Crippen LogP contribution is -2.43. The summed E-state index contributed by atoms with van der Waals surface area (Å²) in [6, 6.07) is 9.82. The summed E-state index contributed by atoms with van der Waals surface area (Å²) in [5, 5.41) is 0. The van der Waals surface area contributed by atoms with E-state index in [-0.39, 0.29) is 0 Å². The lowest BCUT2D eigenvalue weighted by atomic mass is 9.73. The number of nitrogens with zero attached hydrogens (tertiary/aromatic N) is 4. The van der Waals surface area contributed by atoms with Gasteiger partial charge in [-0.05, 0) is 48.9 Å². The molecule has 1 aliphatic carbocycles. The minimum atomic E-state index is 0.359. The first-order chi connectivity index (χ1) is 13.3. The number of benzene rings is 1. The minimum Gasteiger partial charge on any atom is -0.379 e. The molecular formula is C22H30N4O. The summed E-state index contributed by atoms with van der Waals surface area (Å²) >= 11 is 0. The van der Waals surface area contributed by atoms with Crippen LogP contribution in [0.25, 0.3) is 0 Å². The van der Waals surface area contributed by atoms with Gasteiger partial charge in [0.1, 0.15) is 5.82 Å². The molecule has 5 rings (SSSR count). The number of aryl methyl sites for hydroxylation is 1. The molecule has 2 aromatic rings. The van der Waals surface area contributed by atoms with Crippen molar-refractivity contribution in [2.75, 3.05) is 39.4 Å². The fourth-order valence-electron chi connectivity index (χ4n) is 5.44. The Morgan fingerprint density at radius 2 is 1.89 bits per heavy atom. The molecule has 2 aliphatic heterocycles. The van der Waals surface area contributed by atoms with E-state index >= 15 is 0 Å². The highest BCUT2D eigenvalue weighted by Crippen LogP contribution is 2.52. The first-order valence-electron chi connectivity index (χ1n) is 10.3. The average Bonchev–Trinajstić information content (AvgIpc) is 3.26. The number of hydrogen-bond donors (Lipinski definition) is 0. The van der Waals surface area contributed by atoms with Crippen molar-refractivity contribution in [3.63, 3.8) is 0 Å². The molecule has 1 aromatic heterocycles. The Labute approximate surface area is 161 Å².